The number of rotatable bonds is 5. The van der Waals surface area contributed by atoms with Crippen molar-refractivity contribution < 1.29 is 13.2 Å². The zero-order valence-electron chi connectivity index (χ0n) is 11.7. The predicted octanol–water partition coefficient (Wildman–Crippen LogP) is 1.38. The van der Waals surface area contributed by atoms with E-state index in [1.807, 2.05) is 13.8 Å². The number of sulfonamides is 1. The molecule has 0 saturated carbocycles. The number of carbonyl (C=O) groups is 1. The first kappa shape index (κ1) is 15.9. The number of thiazole rings is 1. The summed E-state index contributed by atoms with van der Waals surface area (Å²) in [6, 6.07) is 0.0742. The average Bonchev–Trinajstić information content (AvgIpc) is 2.68. The summed E-state index contributed by atoms with van der Waals surface area (Å²) in [5, 5.41) is 3.14. The van der Waals surface area contributed by atoms with E-state index >= 15 is 0 Å². The maximum absolute atomic E-state index is 12.0. The zero-order chi connectivity index (χ0) is 14.8. The van der Waals surface area contributed by atoms with Gasteiger partial charge in [0, 0.05) is 13.1 Å². The molecule has 1 amide bonds. The van der Waals surface area contributed by atoms with Crippen LogP contribution in [-0.4, -0.2) is 38.7 Å². The fourth-order valence-electron chi connectivity index (χ4n) is 1.26. The van der Waals surface area contributed by atoms with Crippen molar-refractivity contribution in [2.75, 3.05) is 17.6 Å². The Kier molecular flexibility index (Phi) is 4.92. The van der Waals surface area contributed by atoms with Crippen molar-refractivity contribution in [1.29, 1.82) is 0 Å². The van der Waals surface area contributed by atoms with E-state index in [0.717, 1.165) is 28.3 Å². The van der Waals surface area contributed by atoms with Crippen LogP contribution in [0.25, 0.3) is 0 Å². The number of carbonyl (C=O) groups excluding carboxylic acids is 1. The summed E-state index contributed by atoms with van der Waals surface area (Å²) >= 11 is 1.08. The second-order valence-corrected chi connectivity index (χ2v) is 7.42. The number of anilines is 1. The molecule has 0 aliphatic carbocycles. The predicted molar refractivity (Wildman–Crippen MR) is 77.3 cm³/mol. The van der Waals surface area contributed by atoms with Crippen LogP contribution in [0, 0.1) is 6.92 Å². The number of aromatic nitrogens is 1. The van der Waals surface area contributed by atoms with Gasteiger partial charge in [-0.25, -0.2) is 17.7 Å². The molecule has 1 heterocycles. The van der Waals surface area contributed by atoms with Gasteiger partial charge in [0.2, 0.25) is 10.0 Å². The molecular weight excluding hydrogens is 286 g/mol. The second kappa shape index (κ2) is 5.87. The summed E-state index contributed by atoms with van der Waals surface area (Å²) in [5.74, 6) is -0.211. The third-order valence-corrected chi connectivity index (χ3v) is 5.26. The smallest absolute Gasteiger partial charge is 0.263 e. The van der Waals surface area contributed by atoms with Crippen LogP contribution in [0.2, 0.25) is 0 Å². The molecule has 1 aromatic rings. The van der Waals surface area contributed by atoms with Crippen molar-refractivity contribution >= 4 is 32.4 Å². The molecule has 19 heavy (non-hydrogen) atoms. The highest BCUT2D eigenvalue weighted by molar-refractivity contribution is 7.92. The zero-order valence-corrected chi connectivity index (χ0v) is 13.4. The standard InChI is InChI=1S/C11H19N3O3S2/c1-6-7(2)12-10(15)9-8(3)13-11(18-9)14(4)19(5,16)17/h7H,6H2,1-5H3,(H,12,15)/t7-/m1/s1. The van der Waals surface area contributed by atoms with Gasteiger partial charge in [-0.15, -0.1) is 0 Å². The molecule has 0 spiro atoms. The fourth-order valence-corrected chi connectivity index (χ4v) is 2.94. The third-order valence-electron chi connectivity index (χ3n) is 2.75. The minimum atomic E-state index is -3.36. The van der Waals surface area contributed by atoms with Crippen LogP contribution in [0.4, 0.5) is 5.13 Å². The van der Waals surface area contributed by atoms with Crippen molar-refractivity contribution in [2.45, 2.75) is 33.2 Å². The summed E-state index contributed by atoms with van der Waals surface area (Å²) in [6.07, 6.45) is 1.93. The van der Waals surface area contributed by atoms with Crippen molar-refractivity contribution in [1.82, 2.24) is 10.3 Å². The van der Waals surface area contributed by atoms with Gasteiger partial charge in [-0.05, 0) is 20.3 Å². The van der Waals surface area contributed by atoms with Crippen LogP contribution in [0.1, 0.15) is 35.6 Å². The first-order chi connectivity index (χ1) is 8.66. The molecule has 0 fully saturated rings. The number of nitrogens with one attached hydrogen (secondary N) is 1. The van der Waals surface area contributed by atoms with Crippen LogP contribution in [0.5, 0.6) is 0 Å². The van der Waals surface area contributed by atoms with Gasteiger partial charge in [-0.1, -0.05) is 18.3 Å². The lowest BCUT2D eigenvalue weighted by Gasteiger charge is -2.12. The van der Waals surface area contributed by atoms with E-state index in [-0.39, 0.29) is 11.9 Å². The van der Waals surface area contributed by atoms with E-state index in [9.17, 15) is 13.2 Å². The minimum absolute atomic E-state index is 0.0742. The number of nitrogens with zero attached hydrogens (tertiary/aromatic N) is 2. The van der Waals surface area contributed by atoms with Gasteiger partial charge in [0.15, 0.2) is 5.13 Å². The maximum atomic E-state index is 12.0. The monoisotopic (exact) mass is 305 g/mol. The van der Waals surface area contributed by atoms with Gasteiger partial charge in [-0.2, -0.15) is 0 Å². The molecule has 1 atom stereocenters. The van der Waals surface area contributed by atoms with Crippen LogP contribution in [0.15, 0.2) is 0 Å². The molecular formula is C11H19N3O3S2. The Morgan fingerprint density at radius 2 is 2.11 bits per heavy atom. The highest BCUT2D eigenvalue weighted by Gasteiger charge is 2.21. The van der Waals surface area contributed by atoms with E-state index in [0.29, 0.717) is 15.7 Å². The molecule has 0 bridgehead atoms. The quantitative estimate of drug-likeness (QED) is 0.891. The van der Waals surface area contributed by atoms with Crippen molar-refractivity contribution in [3.63, 3.8) is 0 Å². The topological polar surface area (TPSA) is 79.4 Å². The normalized spacial score (nSPS) is 13.1. The van der Waals surface area contributed by atoms with Crippen molar-refractivity contribution in [3.05, 3.63) is 10.6 Å². The molecule has 0 aliphatic rings. The Hall–Kier alpha value is -1.15. The molecule has 1 aromatic heterocycles. The van der Waals surface area contributed by atoms with E-state index in [4.69, 9.17) is 0 Å². The SMILES string of the molecule is CC[C@@H](C)NC(=O)c1sc(N(C)S(C)(=O)=O)nc1C. The number of hydrogen-bond acceptors (Lipinski definition) is 5. The van der Waals surface area contributed by atoms with E-state index in [2.05, 4.69) is 10.3 Å². The maximum Gasteiger partial charge on any atom is 0.263 e. The second-order valence-electron chi connectivity index (χ2n) is 4.42. The Morgan fingerprint density at radius 3 is 2.58 bits per heavy atom. The molecule has 1 N–H and O–H groups in total. The molecule has 0 radical (unpaired) electrons. The van der Waals surface area contributed by atoms with Crippen molar-refractivity contribution in [2.24, 2.45) is 0 Å². The van der Waals surface area contributed by atoms with Crippen molar-refractivity contribution in [3.8, 4) is 0 Å². The van der Waals surface area contributed by atoms with Gasteiger partial charge in [0.05, 0.1) is 11.9 Å². The number of aryl methyl sites for hydroxylation is 1. The molecule has 0 aliphatic heterocycles. The summed E-state index contributed by atoms with van der Waals surface area (Å²) in [5.41, 5.74) is 0.538. The Labute approximate surface area is 117 Å². The van der Waals surface area contributed by atoms with Gasteiger partial charge >= 0.3 is 0 Å². The van der Waals surface area contributed by atoms with Crippen LogP contribution in [-0.2, 0) is 10.0 Å². The van der Waals surface area contributed by atoms with E-state index < -0.39 is 10.0 Å². The Balaban J connectivity index is 3.00. The fraction of sp³-hybridized carbons (Fsp3) is 0.636. The lowest BCUT2D eigenvalue weighted by atomic mass is 10.2. The molecule has 108 valence electrons. The van der Waals surface area contributed by atoms with Crippen LogP contribution in [0.3, 0.4) is 0 Å². The van der Waals surface area contributed by atoms with Crippen LogP contribution >= 0.6 is 11.3 Å². The van der Waals surface area contributed by atoms with Crippen LogP contribution < -0.4 is 9.62 Å². The lowest BCUT2D eigenvalue weighted by Crippen LogP contribution is -2.31. The minimum Gasteiger partial charge on any atom is -0.349 e. The highest BCUT2D eigenvalue weighted by atomic mass is 32.2. The first-order valence-corrected chi connectivity index (χ1v) is 8.55. The summed E-state index contributed by atoms with van der Waals surface area (Å²) in [6.45, 7) is 5.59. The summed E-state index contributed by atoms with van der Waals surface area (Å²) in [4.78, 5) is 16.6. The molecule has 6 nitrogen and oxygen atoms in total. The largest absolute Gasteiger partial charge is 0.349 e. The Bertz CT molecular complexity index is 566. The Morgan fingerprint density at radius 1 is 1.53 bits per heavy atom. The highest BCUT2D eigenvalue weighted by Crippen LogP contribution is 2.26. The third kappa shape index (κ3) is 3.90. The molecule has 0 unspecified atom stereocenters. The molecule has 0 saturated heterocycles. The van der Waals surface area contributed by atoms with Gasteiger partial charge in [0.25, 0.3) is 5.91 Å². The average molecular weight is 305 g/mol. The molecule has 1 rings (SSSR count). The summed E-state index contributed by atoms with van der Waals surface area (Å²) < 4.78 is 24.0. The molecule has 0 aromatic carbocycles. The van der Waals surface area contributed by atoms with Gasteiger partial charge < -0.3 is 5.32 Å². The number of hydrogen-bond donors (Lipinski definition) is 1. The van der Waals surface area contributed by atoms with E-state index in [1.165, 1.54) is 7.05 Å². The lowest BCUT2D eigenvalue weighted by molar-refractivity contribution is 0.0942. The summed E-state index contributed by atoms with van der Waals surface area (Å²) in [7, 11) is -1.94. The van der Waals surface area contributed by atoms with Gasteiger partial charge in [0.1, 0.15) is 4.88 Å². The number of amides is 1. The molecule has 8 heteroatoms. The van der Waals surface area contributed by atoms with E-state index in [1.54, 1.807) is 6.92 Å². The van der Waals surface area contributed by atoms with Gasteiger partial charge in [-0.3, -0.25) is 4.79 Å². The first-order valence-electron chi connectivity index (χ1n) is 5.89.